The normalized spacial score (nSPS) is 45.4. The molecule has 4 saturated carbocycles. The third kappa shape index (κ3) is 3.61. The minimum absolute atomic E-state index is 0.0711. The van der Waals surface area contributed by atoms with E-state index in [9.17, 15) is 19.5 Å². The van der Waals surface area contributed by atoms with Crippen molar-refractivity contribution in [2.45, 2.75) is 90.3 Å². The Morgan fingerprint density at radius 1 is 1.12 bits per heavy atom. The highest BCUT2D eigenvalue weighted by molar-refractivity contribution is 5.85. The molecule has 4 fully saturated rings. The molecule has 8 atom stereocenters. The van der Waals surface area contributed by atoms with Gasteiger partial charge in [-0.15, -0.1) is 0 Å². The molecule has 1 heterocycles. The van der Waals surface area contributed by atoms with Crippen LogP contribution in [0.4, 0.5) is 0 Å². The summed E-state index contributed by atoms with van der Waals surface area (Å²) in [6, 6.07) is 0. The second kappa shape index (κ2) is 8.35. The lowest BCUT2D eigenvalue weighted by Gasteiger charge is -2.63. The van der Waals surface area contributed by atoms with Gasteiger partial charge >= 0.3 is 11.9 Å². The van der Waals surface area contributed by atoms with Crippen molar-refractivity contribution in [2.75, 3.05) is 13.2 Å². The van der Waals surface area contributed by atoms with Crippen LogP contribution >= 0.6 is 0 Å². The SMILES string of the molecule is CC(=O)NCC(=O)O[C@H]1CC[C@]2(C)C3CC[C@]4(C)[C@@H](C5=CC(=O)OC5)CC[C@]4(O)C3CC[C@@H]2C1. The first-order valence-electron chi connectivity index (χ1n) is 13.1. The Hall–Kier alpha value is -1.89. The molecule has 1 aliphatic heterocycles. The molecule has 1 amide bonds. The molecule has 0 spiro atoms. The smallest absolute Gasteiger partial charge is 0.331 e. The van der Waals surface area contributed by atoms with Crippen molar-refractivity contribution in [3.05, 3.63) is 11.6 Å². The monoisotopic (exact) mass is 473 g/mol. The van der Waals surface area contributed by atoms with E-state index >= 15 is 0 Å². The van der Waals surface area contributed by atoms with Crippen LogP contribution in [0.25, 0.3) is 0 Å². The summed E-state index contributed by atoms with van der Waals surface area (Å²) < 4.78 is 10.9. The van der Waals surface area contributed by atoms with E-state index in [4.69, 9.17) is 9.47 Å². The molecule has 4 aliphatic carbocycles. The van der Waals surface area contributed by atoms with Crippen molar-refractivity contribution in [1.29, 1.82) is 0 Å². The van der Waals surface area contributed by atoms with Gasteiger partial charge in [0.2, 0.25) is 5.91 Å². The second-order valence-corrected chi connectivity index (χ2v) is 12.1. The molecular formula is C27H39NO6. The van der Waals surface area contributed by atoms with Gasteiger partial charge in [-0.25, -0.2) is 4.79 Å². The standard InChI is InChI=1S/C27H39NO6/c1-16(29)28-14-24(31)34-19-6-9-25(2)18(13-19)4-5-22-21(25)7-10-26(3)20(8-11-27(22,26)32)17-12-23(30)33-15-17/h12,18-22,32H,4-11,13-15H2,1-3H3,(H,28,29)/t18-,19+,20-,21?,22?,25+,26-,27+/m1/s1. The molecule has 0 aromatic carbocycles. The highest BCUT2D eigenvalue weighted by Crippen LogP contribution is 2.70. The minimum Gasteiger partial charge on any atom is -0.461 e. The van der Waals surface area contributed by atoms with E-state index in [-0.39, 0.29) is 53.2 Å². The average Bonchev–Trinajstić information content (AvgIpc) is 3.32. The van der Waals surface area contributed by atoms with Gasteiger partial charge in [-0.3, -0.25) is 9.59 Å². The van der Waals surface area contributed by atoms with Crippen LogP contribution < -0.4 is 5.32 Å². The summed E-state index contributed by atoms with van der Waals surface area (Å²) in [5.74, 6) is 0.603. The molecule has 188 valence electrons. The van der Waals surface area contributed by atoms with Crippen LogP contribution in [0.15, 0.2) is 11.6 Å². The van der Waals surface area contributed by atoms with E-state index in [1.807, 2.05) is 0 Å². The Morgan fingerprint density at radius 3 is 2.62 bits per heavy atom. The quantitative estimate of drug-likeness (QED) is 0.608. The number of nitrogens with one attached hydrogen (secondary N) is 1. The van der Waals surface area contributed by atoms with Gasteiger partial charge in [-0.05, 0) is 92.4 Å². The van der Waals surface area contributed by atoms with Crippen molar-refractivity contribution < 1.29 is 29.0 Å². The number of carbonyl (C=O) groups is 3. The molecule has 7 nitrogen and oxygen atoms in total. The van der Waals surface area contributed by atoms with Crippen molar-refractivity contribution >= 4 is 17.8 Å². The summed E-state index contributed by atoms with van der Waals surface area (Å²) in [6.07, 6.45) is 10.1. The number of rotatable bonds is 4. The maximum atomic E-state index is 12.3. The summed E-state index contributed by atoms with van der Waals surface area (Å²) in [7, 11) is 0. The van der Waals surface area contributed by atoms with Crippen molar-refractivity contribution in [2.24, 2.45) is 34.5 Å². The fourth-order valence-electron chi connectivity index (χ4n) is 8.90. The summed E-state index contributed by atoms with van der Waals surface area (Å²) in [5.41, 5.74) is 0.295. The molecule has 7 heteroatoms. The number of hydrogen-bond acceptors (Lipinski definition) is 6. The number of ether oxygens (including phenoxy) is 2. The molecule has 5 rings (SSSR count). The fourth-order valence-corrected chi connectivity index (χ4v) is 8.90. The third-order valence-corrected chi connectivity index (χ3v) is 10.7. The highest BCUT2D eigenvalue weighted by Gasteiger charge is 2.67. The molecule has 0 aromatic heterocycles. The van der Waals surface area contributed by atoms with E-state index in [0.717, 1.165) is 63.4 Å². The maximum absolute atomic E-state index is 12.3. The second-order valence-electron chi connectivity index (χ2n) is 12.1. The number of fused-ring (bicyclic) bond motifs is 5. The Morgan fingerprint density at radius 2 is 1.91 bits per heavy atom. The van der Waals surface area contributed by atoms with Crippen molar-refractivity contribution in [1.82, 2.24) is 5.32 Å². The Kier molecular flexibility index (Phi) is 5.85. The predicted octanol–water partition coefficient (Wildman–Crippen LogP) is 3.29. The lowest BCUT2D eigenvalue weighted by atomic mass is 9.43. The number of aliphatic hydroxyl groups is 1. The Labute approximate surface area is 202 Å². The number of amides is 1. The molecule has 34 heavy (non-hydrogen) atoms. The van der Waals surface area contributed by atoms with Crippen LogP contribution in [0, 0.1) is 34.5 Å². The van der Waals surface area contributed by atoms with Gasteiger partial charge < -0.3 is 19.9 Å². The molecule has 0 saturated heterocycles. The van der Waals surface area contributed by atoms with Gasteiger partial charge in [-0.2, -0.15) is 0 Å². The first-order valence-corrected chi connectivity index (χ1v) is 13.1. The van der Waals surface area contributed by atoms with Crippen molar-refractivity contribution in [3.8, 4) is 0 Å². The highest BCUT2D eigenvalue weighted by atomic mass is 16.5. The zero-order valence-corrected chi connectivity index (χ0v) is 20.7. The Balaban J connectivity index is 1.29. The number of esters is 2. The van der Waals surface area contributed by atoms with E-state index < -0.39 is 5.60 Å². The third-order valence-electron chi connectivity index (χ3n) is 10.7. The molecule has 0 radical (unpaired) electrons. The van der Waals surface area contributed by atoms with Gasteiger partial charge in [0.1, 0.15) is 19.3 Å². The first-order chi connectivity index (χ1) is 16.1. The van der Waals surface area contributed by atoms with Crippen LogP contribution in [-0.2, 0) is 23.9 Å². The first kappa shape index (κ1) is 23.8. The zero-order valence-electron chi connectivity index (χ0n) is 20.7. The van der Waals surface area contributed by atoms with Crippen LogP contribution in [0.2, 0.25) is 0 Å². The van der Waals surface area contributed by atoms with Gasteiger partial charge in [0.25, 0.3) is 0 Å². The topological polar surface area (TPSA) is 102 Å². The Bertz CT molecular complexity index is 915. The summed E-state index contributed by atoms with van der Waals surface area (Å²) in [6.45, 7) is 6.37. The summed E-state index contributed by atoms with van der Waals surface area (Å²) >= 11 is 0. The van der Waals surface area contributed by atoms with Crippen molar-refractivity contribution in [3.63, 3.8) is 0 Å². The van der Waals surface area contributed by atoms with Crippen LogP contribution in [0.3, 0.4) is 0 Å². The molecular weight excluding hydrogens is 434 g/mol. The molecule has 0 aromatic rings. The lowest BCUT2D eigenvalue weighted by Crippen LogP contribution is -2.62. The lowest BCUT2D eigenvalue weighted by molar-refractivity contribution is -0.210. The van der Waals surface area contributed by atoms with E-state index in [2.05, 4.69) is 19.2 Å². The average molecular weight is 474 g/mol. The molecule has 5 aliphatic rings. The number of hydrogen-bond donors (Lipinski definition) is 2. The van der Waals surface area contributed by atoms with E-state index in [1.165, 1.54) is 6.92 Å². The molecule has 2 unspecified atom stereocenters. The van der Waals surface area contributed by atoms with Gasteiger partial charge in [0.05, 0.1) is 5.60 Å². The van der Waals surface area contributed by atoms with Gasteiger partial charge in [-0.1, -0.05) is 13.8 Å². The van der Waals surface area contributed by atoms with Gasteiger partial charge in [0, 0.05) is 18.4 Å². The van der Waals surface area contributed by atoms with E-state index in [1.54, 1.807) is 6.08 Å². The molecule has 0 bridgehead atoms. The predicted molar refractivity (Wildman–Crippen MR) is 124 cm³/mol. The van der Waals surface area contributed by atoms with Crippen LogP contribution in [0.1, 0.15) is 78.6 Å². The van der Waals surface area contributed by atoms with Crippen LogP contribution in [0.5, 0.6) is 0 Å². The van der Waals surface area contributed by atoms with E-state index in [0.29, 0.717) is 18.4 Å². The number of cyclic esters (lactones) is 1. The minimum atomic E-state index is -0.706. The summed E-state index contributed by atoms with van der Waals surface area (Å²) in [4.78, 5) is 35.0. The zero-order chi connectivity index (χ0) is 24.3. The maximum Gasteiger partial charge on any atom is 0.331 e. The van der Waals surface area contributed by atoms with Gasteiger partial charge in [0.15, 0.2) is 0 Å². The summed E-state index contributed by atoms with van der Waals surface area (Å²) in [5, 5.41) is 14.8. The number of carbonyl (C=O) groups excluding carboxylic acids is 3. The molecule has 2 N–H and O–H groups in total. The fraction of sp³-hybridized carbons (Fsp3) is 0.815. The largest absolute Gasteiger partial charge is 0.461 e. The van der Waals surface area contributed by atoms with Crippen LogP contribution in [-0.4, -0.2) is 47.8 Å².